The summed E-state index contributed by atoms with van der Waals surface area (Å²) in [5, 5.41) is 12.6. The molecule has 1 aromatic heterocycles. The van der Waals surface area contributed by atoms with Crippen LogP contribution in [-0.2, 0) is 11.2 Å². The van der Waals surface area contributed by atoms with Gasteiger partial charge in [-0.25, -0.2) is 9.87 Å². The molecule has 0 spiro atoms. The largest absolute Gasteiger partial charge is 0.493 e. The molecule has 0 saturated carbocycles. The molecule has 9 heteroatoms. The maximum absolute atomic E-state index is 13.7. The zero-order chi connectivity index (χ0) is 26.2. The molecule has 4 aromatic rings. The van der Waals surface area contributed by atoms with Gasteiger partial charge in [0, 0.05) is 28.7 Å². The van der Waals surface area contributed by atoms with E-state index < -0.39 is 23.7 Å². The average Bonchev–Trinajstić information content (AvgIpc) is 3.33. The van der Waals surface area contributed by atoms with Crippen LogP contribution in [0.2, 0.25) is 0 Å². The Morgan fingerprint density at radius 3 is 2.70 bits per heavy atom. The van der Waals surface area contributed by atoms with Gasteiger partial charge in [-0.1, -0.05) is 30.3 Å². The average molecular weight is 504 g/mol. The normalized spacial score (nSPS) is 11.9. The molecule has 0 fully saturated rings. The number of hydroxylamine groups is 1. The number of methoxy groups -OCH3 is 1. The highest BCUT2D eigenvalue weighted by Crippen LogP contribution is 2.29. The van der Waals surface area contributed by atoms with Gasteiger partial charge < -0.3 is 19.8 Å². The zero-order valence-electron chi connectivity index (χ0n) is 20.0. The molecule has 0 unspecified atom stereocenters. The lowest BCUT2D eigenvalue weighted by Crippen LogP contribution is -2.40. The fourth-order valence-corrected chi connectivity index (χ4v) is 3.92. The SMILES string of the molecule is COc1cc(/C=C/C(=O)NO)ccc1OC[C@H](Cc1c[nH]c2ccccc12)NC(=O)c1cccc(F)c1. The Morgan fingerprint density at radius 2 is 1.92 bits per heavy atom. The fourth-order valence-electron chi connectivity index (χ4n) is 3.92. The Labute approximate surface area is 212 Å². The molecule has 37 heavy (non-hydrogen) atoms. The zero-order valence-corrected chi connectivity index (χ0v) is 20.0. The number of para-hydroxylation sites is 1. The van der Waals surface area contributed by atoms with Gasteiger partial charge in [-0.15, -0.1) is 0 Å². The number of hydrogen-bond donors (Lipinski definition) is 4. The number of benzene rings is 3. The molecule has 1 atom stereocenters. The van der Waals surface area contributed by atoms with Gasteiger partial charge in [-0.3, -0.25) is 14.8 Å². The van der Waals surface area contributed by atoms with E-state index in [1.165, 1.54) is 42.9 Å². The first-order valence-corrected chi connectivity index (χ1v) is 11.5. The highest BCUT2D eigenvalue weighted by atomic mass is 19.1. The predicted octanol–water partition coefficient (Wildman–Crippen LogP) is 4.25. The van der Waals surface area contributed by atoms with Crippen molar-refractivity contribution < 1.29 is 28.7 Å². The molecule has 0 aliphatic rings. The van der Waals surface area contributed by atoms with Crippen molar-refractivity contribution in [1.29, 1.82) is 0 Å². The number of aromatic amines is 1. The summed E-state index contributed by atoms with van der Waals surface area (Å²) in [7, 11) is 1.49. The number of halogens is 1. The van der Waals surface area contributed by atoms with Crippen molar-refractivity contribution >= 4 is 28.8 Å². The number of hydrogen-bond acceptors (Lipinski definition) is 5. The number of aromatic nitrogens is 1. The minimum Gasteiger partial charge on any atom is -0.493 e. The van der Waals surface area contributed by atoms with Gasteiger partial charge in [-0.2, -0.15) is 0 Å². The summed E-state index contributed by atoms with van der Waals surface area (Å²) < 4.78 is 25.2. The smallest absolute Gasteiger partial charge is 0.267 e. The molecule has 0 bridgehead atoms. The van der Waals surface area contributed by atoms with E-state index in [9.17, 15) is 14.0 Å². The number of rotatable bonds is 10. The van der Waals surface area contributed by atoms with Crippen molar-refractivity contribution in [2.75, 3.05) is 13.7 Å². The number of nitrogens with one attached hydrogen (secondary N) is 3. The summed E-state index contributed by atoms with van der Waals surface area (Å²) in [4.78, 5) is 27.4. The fraction of sp³-hybridized carbons (Fsp3) is 0.143. The van der Waals surface area contributed by atoms with Crippen LogP contribution in [0.3, 0.4) is 0 Å². The highest BCUT2D eigenvalue weighted by molar-refractivity contribution is 5.94. The Morgan fingerprint density at radius 1 is 1.08 bits per heavy atom. The minimum absolute atomic E-state index is 0.110. The van der Waals surface area contributed by atoms with Crippen molar-refractivity contribution in [3.63, 3.8) is 0 Å². The lowest BCUT2D eigenvalue weighted by molar-refractivity contribution is -0.124. The third kappa shape index (κ3) is 6.53. The van der Waals surface area contributed by atoms with Crippen LogP contribution < -0.4 is 20.3 Å². The van der Waals surface area contributed by atoms with Crippen molar-refractivity contribution in [2.24, 2.45) is 0 Å². The molecular weight excluding hydrogens is 477 g/mol. The molecule has 4 rings (SSSR count). The standard InChI is InChI=1S/C28H26FN3O5/c1-36-26-13-18(10-12-27(33)32-35)9-11-25(26)37-17-22(31-28(34)19-5-4-6-21(29)14-19)15-20-16-30-24-8-3-2-7-23(20)24/h2-14,16,22,30,35H,15,17H2,1H3,(H,31,34)(H,32,33)/b12-10+/t22-/m0/s1. The van der Waals surface area contributed by atoms with E-state index >= 15 is 0 Å². The molecule has 3 aromatic carbocycles. The first-order valence-electron chi connectivity index (χ1n) is 11.5. The summed E-state index contributed by atoms with van der Waals surface area (Å²) in [5.74, 6) is -0.701. The number of fused-ring (bicyclic) bond motifs is 1. The van der Waals surface area contributed by atoms with Gasteiger partial charge in [0.2, 0.25) is 0 Å². The van der Waals surface area contributed by atoms with Crippen LogP contribution in [0.4, 0.5) is 4.39 Å². The molecule has 8 nitrogen and oxygen atoms in total. The van der Waals surface area contributed by atoms with Crippen LogP contribution in [0.15, 0.2) is 79.0 Å². The quantitative estimate of drug-likeness (QED) is 0.147. The Balaban J connectivity index is 1.54. The highest BCUT2D eigenvalue weighted by Gasteiger charge is 2.19. The first kappa shape index (κ1) is 25.5. The molecule has 2 amide bonds. The van der Waals surface area contributed by atoms with Gasteiger partial charge in [0.1, 0.15) is 12.4 Å². The topological polar surface area (TPSA) is 113 Å². The summed E-state index contributed by atoms with van der Waals surface area (Å²) in [5.41, 5.74) is 4.37. The van der Waals surface area contributed by atoms with Crippen molar-refractivity contribution in [2.45, 2.75) is 12.5 Å². The summed E-state index contributed by atoms with van der Waals surface area (Å²) in [6.45, 7) is 0.110. The lowest BCUT2D eigenvalue weighted by atomic mass is 10.0. The predicted molar refractivity (Wildman–Crippen MR) is 137 cm³/mol. The summed E-state index contributed by atoms with van der Waals surface area (Å²) >= 11 is 0. The third-order valence-electron chi connectivity index (χ3n) is 5.73. The monoisotopic (exact) mass is 503 g/mol. The second kappa shape index (κ2) is 11.9. The Bertz CT molecular complexity index is 1430. The van der Waals surface area contributed by atoms with E-state index in [4.69, 9.17) is 14.7 Å². The molecule has 4 N–H and O–H groups in total. The van der Waals surface area contributed by atoms with E-state index in [1.54, 1.807) is 24.3 Å². The van der Waals surface area contributed by atoms with E-state index in [2.05, 4.69) is 10.3 Å². The second-order valence-corrected chi connectivity index (χ2v) is 8.28. The minimum atomic E-state index is -0.659. The van der Waals surface area contributed by atoms with E-state index in [1.807, 2.05) is 30.5 Å². The molecule has 0 saturated heterocycles. The van der Waals surface area contributed by atoms with Crippen molar-refractivity contribution in [3.8, 4) is 11.5 Å². The van der Waals surface area contributed by atoms with Crippen LogP contribution in [0.25, 0.3) is 17.0 Å². The number of amides is 2. The Hall–Kier alpha value is -4.63. The molecule has 1 heterocycles. The number of ether oxygens (including phenoxy) is 2. The van der Waals surface area contributed by atoms with E-state index in [0.717, 1.165) is 16.5 Å². The maximum Gasteiger partial charge on any atom is 0.267 e. The van der Waals surface area contributed by atoms with Gasteiger partial charge >= 0.3 is 0 Å². The molecular formula is C28H26FN3O5. The van der Waals surface area contributed by atoms with Gasteiger partial charge in [0.25, 0.3) is 11.8 Å². The maximum atomic E-state index is 13.7. The molecule has 0 aliphatic heterocycles. The number of carbonyl (C=O) groups excluding carboxylic acids is 2. The van der Waals surface area contributed by atoms with Gasteiger partial charge in [-0.05, 0) is 60.0 Å². The van der Waals surface area contributed by atoms with Crippen LogP contribution in [-0.4, -0.2) is 41.8 Å². The molecule has 0 radical (unpaired) electrons. The Kier molecular flexibility index (Phi) is 8.17. The summed E-state index contributed by atoms with van der Waals surface area (Å²) in [6.07, 6.45) is 5.05. The summed E-state index contributed by atoms with van der Waals surface area (Å²) in [6, 6.07) is 18.0. The van der Waals surface area contributed by atoms with E-state index in [0.29, 0.717) is 23.5 Å². The van der Waals surface area contributed by atoms with Gasteiger partial charge in [0.05, 0.1) is 13.2 Å². The third-order valence-corrected chi connectivity index (χ3v) is 5.73. The first-order chi connectivity index (χ1) is 18.0. The number of carbonyl (C=O) groups is 2. The van der Waals surface area contributed by atoms with Crippen molar-refractivity contribution in [3.05, 3.63) is 102 Å². The van der Waals surface area contributed by atoms with E-state index in [-0.39, 0.29) is 12.2 Å². The number of H-pyrrole nitrogens is 1. The lowest BCUT2D eigenvalue weighted by Gasteiger charge is -2.20. The van der Waals surface area contributed by atoms with Crippen LogP contribution in [0, 0.1) is 5.82 Å². The van der Waals surface area contributed by atoms with Crippen LogP contribution >= 0.6 is 0 Å². The van der Waals surface area contributed by atoms with Crippen LogP contribution in [0.5, 0.6) is 11.5 Å². The molecule has 0 aliphatic carbocycles. The van der Waals surface area contributed by atoms with Crippen LogP contribution in [0.1, 0.15) is 21.5 Å². The molecule has 190 valence electrons. The second-order valence-electron chi connectivity index (χ2n) is 8.28. The van der Waals surface area contributed by atoms with Gasteiger partial charge in [0.15, 0.2) is 11.5 Å². The van der Waals surface area contributed by atoms with Crippen molar-refractivity contribution in [1.82, 2.24) is 15.8 Å².